The Bertz CT molecular complexity index is 415. The number of hydrogen-bond donors (Lipinski definition) is 0. The molecule has 0 aliphatic carbocycles. The van der Waals surface area contributed by atoms with Gasteiger partial charge in [-0.05, 0) is 40.5 Å². The molecule has 2 rings (SSSR count). The van der Waals surface area contributed by atoms with Gasteiger partial charge in [-0.2, -0.15) is 0 Å². The lowest BCUT2D eigenvalue weighted by Gasteiger charge is -2.11. The van der Waals surface area contributed by atoms with Gasteiger partial charge >= 0.3 is 0 Å². The zero-order valence-corrected chi connectivity index (χ0v) is 10.7. The van der Waals surface area contributed by atoms with Crippen molar-refractivity contribution in [2.45, 2.75) is 19.8 Å². The van der Waals surface area contributed by atoms with Crippen LogP contribution >= 0.6 is 15.9 Å². The highest BCUT2D eigenvalue weighted by Crippen LogP contribution is 2.38. The molecule has 0 radical (unpaired) electrons. The minimum atomic E-state index is 0.140. The fourth-order valence-corrected chi connectivity index (χ4v) is 2.28. The van der Waals surface area contributed by atoms with Crippen LogP contribution in [0.4, 0.5) is 0 Å². The van der Waals surface area contributed by atoms with Crippen molar-refractivity contribution < 1.29 is 14.3 Å². The van der Waals surface area contributed by atoms with Gasteiger partial charge in [-0.1, -0.05) is 0 Å². The van der Waals surface area contributed by atoms with Gasteiger partial charge in [0, 0.05) is 12.8 Å². The molecule has 0 saturated carbocycles. The van der Waals surface area contributed by atoms with Crippen LogP contribution in [0.5, 0.6) is 11.5 Å². The summed E-state index contributed by atoms with van der Waals surface area (Å²) in [5.74, 6) is 1.61. The second-order valence-corrected chi connectivity index (χ2v) is 4.69. The molecule has 86 valence electrons. The average molecular weight is 285 g/mol. The molecule has 16 heavy (non-hydrogen) atoms. The van der Waals surface area contributed by atoms with Gasteiger partial charge in [0.25, 0.3) is 0 Å². The fourth-order valence-electron chi connectivity index (χ4n) is 1.67. The highest BCUT2D eigenvalue weighted by molar-refractivity contribution is 9.10. The van der Waals surface area contributed by atoms with Gasteiger partial charge in [0.05, 0.1) is 17.7 Å². The number of rotatable bonds is 2. The van der Waals surface area contributed by atoms with E-state index in [4.69, 9.17) is 9.47 Å². The minimum absolute atomic E-state index is 0.140. The van der Waals surface area contributed by atoms with Crippen molar-refractivity contribution in [3.63, 3.8) is 0 Å². The Labute approximate surface area is 103 Å². The predicted molar refractivity (Wildman–Crippen MR) is 64.1 cm³/mol. The Kier molecular flexibility index (Phi) is 3.49. The Morgan fingerprint density at radius 2 is 2.12 bits per heavy atom. The molecule has 0 aromatic heterocycles. The molecule has 0 spiro atoms. The topological polar surface area (TPSA) is 35.5 Å². The van der Waals surface area contributed by atoms with Crippen LogP contribution in [0.2, 0.25) is 0 Å². The molecule has 0 amide bonds. The largest absolute Gasteiger partial charge is 0.490 e. The Morgan fingerprint density at radius 1 is 1.38 bits per heavy atom. The molecule has 0 N–H and O–H groups in total. The van der Waals surface area contributed by atoms with E-state index in [1.54, 1.807) is 6.92 Å². The van der Waals surface area contributed by atoms with Gasteiger partial charge in [0.15, 0.2) is 11.5 Å². The van der Waals surface area contributed by atoms with Gasteiger partial charge in [-0.15, -0.1) is 0 Å². The molecule has 0 unspecified atom stereocenters. The monoisotopic (exact) mass is 284 g/mol. The number of benzene rings is 1. The van der Waals surface area contributed by atoms with Crippen LogP contribution in [0.15, 0.2) is 16.6 Å². The first kappa shape index (κ1) is 11.5. The molecular formula is C12H13BrO3. The molecule has 0 saturated heterocycles. The number of ether oxygens (including phenoxy) is 2. The molecule has 0 atom stereocenters. The van der Waals surface area contributed by atoms with Crippen molar-refractivity contribution in [1.29, 1.82) is 0 Å². The molecule has 3 nitrogen and oxygen atoms in total. The van der Waals surface area contributed by atoms with Crippen LogP contribution in [0, 0.1) is 0 Å². The molecule has 1 heterocycles. The maximum absolute atomic E-state index is 11.1. The van der Waals surface area contributed by atoms with Crippen molar-refractivity contribution in [1.82, 2.24) is 0 Å². The SMILES string of the molecule is CC(=O)Cc1cc(Br)c2c(c1)OCCCO2. The molecule has 4 heteroatoms. The highest BCUT2D eigenvalue weighted by Gasteiger charge is 2.15. The summed E-state index contributed by atoms with van der Waals surface area (Å²) in [5, 5.41) is 0. The third-order valence-electron chi connectivity index (χ3n) is 2.32. The van der Waals surface area contributed by atoms with E-state index in [2.05, 4.69) is 15.9 Å². The summed E-state index contributed by atoms with van der Waals surface area (Å²) in [6, 6.07) is 3.79. The number of carbonyl (C=O) groups is 1. The van der Waals surface area contributed by atoms with Crippen LogP contribution in [-0.2, 0) is 11.2 Å². The van der Waals surface area contributed by atoms with Crippen molar-refractivity contribution >= 4 is 21.7 Å². The number of hydrogen-bond acceptors (Lipinski definition) is 3. The Balaban J connectivity index is 2.35. The second kappa shape index (κ2) is 4.87. The minimum Gasteiger partial charge on any atom is -0.490 e. The number of carbonyl (C=O) groups excluding carboxylic acids is 1. The maximum atomic E-state index is 11.1. The normalized spacial score (nSPS) is 14.4. The van der Waals surface area contributed by atoms with Gasteiger partial charge in [0.1, 0.15) is 5.78 Å². The van der Waals surface area contributed by atoms with E-state index in [0.717, 1.165) is 28.0 Å². The summed E-state index contributed by atoms with van der Waals surface area (Å²) < 4.78 is 12.0. The van der Waals surface area contributed by atoms with Gasteiger partial charge in [-0.3, -0.25) is 4.79 Å². The second-order valence-electron chi connectivity index (χ2n) is 3.83. The number of fused-ring (bicyclic) bond motifs is 1. The summed E-state index contributed by atoms with van der Waals surface area (Å²) in [7, 11) is 0. The van der Waals surface area contributed by atoms with Crippen molar-refractivity contribution in [2.75, 3.05) is 13.2 Å². The lowest BCUT2D eigenvalue weighted by molar-refractivity contribution is -0.116. The third-order valence-corrected chi connectivity index (χ3v) is 2.90. The lowest BCUT2D eigenvalue weighted by atomic mass is 10.1. The zero-order chi connectivity index (χ0) is 11.5. The predicted octanol–water partition coefficient (Wildman–Crippen LogP) is 2.74. The van der Waals surface area contributed by atoms with E-state index in [0.29, 0.717) is 19.6 Å². The molecule has 0 fully saturated rings. The van der Waals surface area contributed by atoms with Crippen LogP contribution in [0.3, 0.4) is 0 Å². The molecule has 1 aliphatic heterocycles. The maximum Gasteiger partial charge on any atom is 0.175 e. The van der Waals surface area contributed by atoms with Crippen molar-refractivity contribution in [2.24, 2.45) is 0 Å². The average Bonchev–Trinajstić information content (AvgIpc) is 2.41. The van der Waals surface area contributed by atoms with Crippen LogP contribution in [-0.4, -0.2) is 19.0 Å². The summed E-state index contributed by atoms with van der Waals surface area (Å²) >= 11 is 3.44. The first-order chi connectivity index (χ1) is 7.66. The standard InChI is InChI=1S/C12H13BrO3/c1-8(14)5-9-6-10(13)12-11(7-9)15-3-2-4-16-12/h6-7H,2-5H2,1H3. The fraction of sp³-hybridized carbons (Fsp3) is 0.417. The van der Waals surface area contributed by atoms with E-state index in [9.17, 15) is 4.79 Å². The Hall–Kier alpha value is -1.03. The number of halogens is 1. The Morgan fingerprint density at radius 3 is 2.88 bits per heavy atom. The molecule has 1 aromatic carbocycles. The van der Waals surface area contributed by atoms with E-state index in [-0.39, 0.29) is 5.78 Å². The van der Waals surface area contributed by atoms with Crippen LogP contribution in [0.1, 0.15) is 18.9 Å². The van der Waals surface area contributed by atoms with E-state index in [1.165, 1.54) is 0 Å². The van der Waals surface area contributed by atoms with Crippen molar-refractivity contribution in [3.8, 4) is 11.5 Å². The van der Waals surface area contributed by atoms with E-state index < -0.39 is 0 Å². The lowest BCUT2D eigenvalue weighted by Crippen LogP contribution is -1.99. The molecule has 1 aliphatic rings. The van der Waals surface area contributed by atoms with Crippen LogP contribution in [0.25, 0.3) is 0 Å². The van der Waals surface area contributed by atoms with Gasteiger partial charge < -0.3 is 9.47 Å². The molecular weight excluding hydrogens is 272 g/mol. The summed E-state index contributed by atoms with van der Waals surface area (Å²) in [6.07, 6.45) is 1.30. The first-order valence-corrected chi connectivity index (χ1v) is 6.03. The van der Waals surface area contributed by atoms with Crippen molar-refractivity contribution in [3.05, 3.63) is 22.2 Å². The van der Waals surface area contributed by atoms with Gasteiger partial charge in [-0.25, -0.2) is 0 Å². The van der Waals surface area contributed by atoms with Gasteiger partial charge in [0.2, 0.25) is 0 Å². The van der Waals surface area contributed by atoms with Crippen LogP contribution < -0.4 is 9.47 Å². The zero-order valence-electron chi connectivity index (χ0n) is 9.09. The third kappa shape index (κ3) is 2.55. The smallest absolute Gasteiger partial charge is 0.175 e. The number of Topliss-reactive ketones (excluding diaryl/α,β-unsaturated/α-hetero) is 1. The summed E-state index contributed by atoms with van der Waals surface area (Å²) in [4.78, 5) is 11.1. The quantitative estimate of drug-likeness (QED) is 0.838. The van der Waals surface area contributed by atoms with E-state index in [1.807, 2.05) is 12.1 Å². The summed E-state index contributed by atoms with van der Waals surface area (Å²) in [5.41, 5.74) is 0.948. The molecule has 0 bridgehead atoms. The molecule has 1 aromatic rings. The number of ketones is 1. The summed E-state index contributed by atoms with van der Waals surface area (Å²) in [6.45, 7) is 2.90. The van der Waals surface area contributed by atoms with E-state index >= 15 is 0 Å². The first-order valence-electron chi connectivity index (χ1n) is 5.24. The highest BCUT2D eigenvalue weighted by atomic mass is 79.9.